The Morgan fingerprint density at radius 1 is 1.06 bits per heavy atom. The Bertz CT molecular complexity index is 573. The molecule has 0 unspecified atom stereocenters. The predicted molar refractivity (Wildman–Crippen MR) is 67.0 cm³/mol. The van der Waals surface area contributed by atoms with Gasteiger partial charge in [-0.2, -0.15) is 5.26 Å². The molecule has 0 bridgehead atoms. The molecule has 0 amide bonds. The first-order chi connectivity index (χ1) is 8.19. The number of rotatable bonds is 2. The lowest BCUT2D eigenvalue weighted by atomic mass is 10.2. The Kier molecular flexibility index (Phi) is 3.31. The van der Waals surface area contributed by atoms with Crippen molar-refractivity contribution in [2.45, 2.75) is 0 Å². The van der Waals surface area contributed by atoms with Gasteiger partial charge in [0.15, 0.2) is 0 Å². The molecule has 0 fully saturated rings. The van der Waals surface area contributed by atoms with Crippen LogP contribution < -0.4 is 4.74 Å². The summed E-state index contributed by atoms with van der Waals surface area (Å²) in [5.74, 6) is 1.44. The molecule has 0 atom stereocenters. The summed E-state index contributed by atoms with van der Waals surface area (Å²) in [6.45, 7) is 0. The van der Waals surface area contributed by atoms with Gasteiger partial charge in [-0.05, 0) is 58.4 Å². The molecule has 2 aromatic carbocycles. The first kappa shape index (κ1) is 11.5. The molecule has 0 aromatic heterocycles. The minimum atomic E-state index is 0.193. The largest absolute Gasteiger partial charge is 0.508 e. The van der Waals surface area contributed by atoms with Crippen LogP contribution in [0.4, 0.5) is 0 Å². The Labute approximate surface area is 107 Å². The van der Waals surface area contributed by atoms with E-state index in [4.69, 9.17) is 15.1 Å². The van der Waals surface area contributed by atoms with Crippen molar-refractivity contribution in [3.63, 3.8) is 0 Å². The van der Waals surface area contributed by atoms with Gasteiger partial charge in [-0.1, -0.05) is 0 Å². The highest BCUT2D eigenvalue weighted by Gasteiger charge is 2.02. The number of hydrogen-bond donors (Lipinski definition) is 1. The molecule has 4 heteroatoms. The monoisotopic (exact) mass is 289 g/mol. The second-order valence-corrected chi connectivity index (χ2v) is 4.20. The molecule has 0 aliphatic heterocycles. The second kappa shape index (κ2) is 4.89. The Hall–Kier alpha value is -1.99. The van der Waals surface area contributed by atoms with E-state index in [0.717, 1.165) is 0 Å². The number of hydrogen-bond acceptors (Lipinski definition) is 3. The maximum absolute atomic E-state index is 9.14. The van der Waals surface area contributed by atoms with Gasteiger partial charge in [-0.3, -0.25) is 0 Å². The van der Waals surface area contributed by atoms with Crippen molar-refractivity contribution in [3.8, 4) is 23.3 Å². The van der Waals surface area contributed by atoms with E-state index >= 15 is 0 Å². The van der Waals surface area contributed by atoms with Crippen molar-refractivity contribution in [1.82, 2.24) is 0 Å². The molecule has 0 spiro atoms. The number of aromatic hydroxyl groups is 1. The van der Waals surface area contributed by atoms with Crippen LogP contribution in [-0.2, 0) is 0 Å². The van der Waals surface area contributed by atoms with Crippen LogP contribution in [0.3, 0.4) is 0 Å². The van der Waals surface area contributed by atoms with Crippen molar-refractivity contribution in [3.05, 3.63) is 52.5 Å². The van der Waals surface area contributed by atoms with Crippen molar-refractivity contribution >= 4 is 15.9 Å². The minimum Gasteiger partial charge on any atom is -0.508 e. The van der Waals surface area contributed by atoms with Crippen LogP contribution in [0.25, 0.3) is 0 Å². The van der Waals surface area contributed by atoms with Crippen molar-refractivity contribution in [2.24, 2.45) is 0 Å². The first-order valence-corrected chi connectivity index (χ1v) is 5.65. The molecule has 17 heavy (non-hydrogen) atoms. The molecular weight excluding hydrogens is 282 g/mol. The summed E-state index contributed by atoms with van der Waals surface area (Å²) in [7, 11) is 0. The summed E-state index contributed by atoms with van der Waals surface area (Å²) in [5, 5.41) is 17.9. The van der Waals surface area contributed by atoms with Crippen molar-refractivity contribution in [2.75, 3.05) is 0 Å². The average Bonchev–Trinajstić information content (AvgIpc) is 2.32. The molecular formula is C13H8BrNO2. The van der Waals surface area contributed by atoms with E-state index in [1.54, 1.807) is 42.5 Å². The van der Waals surface area contributed by atoms with Crippen LogP contribution in [0.2, 0.25) is 0 Å². The van der Waals surface area contributed by atoms with E-state index in [1.807, 2.05) is 0 Å². The molecule has 2 aromatic rings. The van der Waals surface area contributed by atoms with Gasteiger partial charge in [0.2, 0.25) is 0 Å². The lowest BCUT2D eigenvalue weighted by Crippen LogP contribution is -1.85. The standard InChI is InChI=1S/C13H8BrNO2/c14-13-7-12(4-1-9(13)8-15)17-11-5-2-10(16)3-6-11/h1-7,16H. The Balaban J connectivity index is 2.22. The Morgan fingerprint density at radius 3 is 2.29 bits per heavy atom. The van der Waals surface area contributed by atoms with Gasteiger partial charge in [0.25, 0.3) is 0 Å². The number of nitrogens with zero attached hydrogens (tertiary/aromatic N) is 1. The minimum absolute atomic E-state index is 0.193. The molecule has 3 nitrogen and oxygen atoms in total. The van der Waals surface area contributed by atoms with E-state index in [0.29, 0.717) is 21.5 Å². The third kappa shape index (κ3) is 2.77. The zero-order valence-electron chi connectivity index (χ0n) is 8.72. The lowest BCUT2D eigenvalue weighted by Gasteiger charge is -2.06. The highest BCUT2D eigenvalue weighted by molar-refractivity contribution is 9.10. The SMILES string of the molecule is N#Cc1ccc(Oc2ccc(O)cc2)cc1Br. The van der Waals surface area contributed by atoms with Gasteiger partial charge in [0.1, 0.15) is 23.3 Å². The number of halogens is 1. The molecule has 0 saturated heterocycles. The number of benzene rings is 2. The van der Waals surface area contributed by atoms with E-state index in [2.05, 4.69) is 22.0 Å². The fourth-order valence-corrected chi connectivity index (χ4v) is 1.75. The molecule has 1 N–H and O–H groups in total. The molecule has 2 rings (SSSR count). The van der Waals surface area contributed by atoms with E-state index in [1.165, 1.54) is 0 Å². The second-order valence-electron chi connectivity index (χ2n) is 3.35. The first-order valence-electron chi connectivity index (χ1n) is 4.85. The average molecular weight is 290 g/mol. The zero-order valence-corrected chi connectivity index (χ0v) is 10.3. The molecule has 0 aliphatic rings. The number of phenols is 1. The summed E-state index contributed by atoms with van der Waals surface area (Å²) in [5.41, 5.74) is 0.558. The van der Waals surface area contributed by atoms with Crippen molar-refractivity contribution in [1.29, 1.82) is 5.26 Å². The van der Waals surface area contributed by atoms with Gasteiger partial charge >= 0.3 is 0 Å². The van der Waals surface area contributed by atoms with Crippen LogP contribution in [-0.4, -0.2) is 5.11 Å². The topological polar surface area (TPSA) is 53.2 Å². The maximum Gasteiger partial charge on any atom is 0.128 e. The summed E-state index contributed by atoms with van der Waals surface area (Å²) in [6, 6.07) is 13.6. The third-order valence-electron chi connectivity index (χ3n) is 2.13. The van der Waals surface area contributed by atoms with Crippen LogP contribution in [0.1, 0.15) is 5.56 Å². The summed E-state index contributed by atoms with van der Waals surface area (Å²) in [4.78, 5) is 0. The van der Waals surface area contributed by atoms with Gasteiger partial charge in [-0.15, -0.1) is 0 Å². The number of phenolic OH excluding ortho intramolecular Hbond substituents is 1. The molecule has 0 saturated carbocycles. The highest BCUT2D eigenvalue weighted by Crippen LogP contribution is 2.27. The van der Waals surface area contributed by atoms with Crippen molar-refractivity contribution < 1.29 is 9.84 Å². The number of ether oxygens (including phenoxy) is 1. The lowest BCUT2D eigenvalue weighted by molar-refractivity contribution is 0.464. The van der Waals surface area contributed by atoms with Crippen LogP contribution in [0, 0.1) is 11.3 Å². The summed E-state index contributed by atoms with van der Waals surface area (Å²) >= 11 is 3.29. The van der Waals surface area contributed by atoms with E-state index < -0.39 is 0 Å². The normalized spacial score (nSPS) is 9.65. The third-order valence-corrected chi connectivity index (χ3v) is 2.79. The van der Waals surface area contributed by atoms with Crippen LogP contribution in [0.15, 0.2) is 46.9 Å². The highest BCUT2D eigenvalue weighted by atomic mass is 79.9. The van der Waals surface area contributed by atoms with Gasteiger partial charge < -0.3 is 9.84 Å². The summed E-state index contributed by atoms with van der Waals surface area (Å²) in [6.07, 6.45) is 0. The molecule has 0 heterocycles. The van der Waals surface area contributed by atoms with Crippen LogP contribution >= 0.6 is 15.9 Å². The smallest absolute Gasteiger partial charge is 0.128 e. The molecule has 84 valence electrons. The van der Waals surface area contributed by atoms with Gasteiger partial charge in [0.05, 0.1) is 5.56 Å². The van der Waals surface area contributed by atoms with Gasteiger partial charge in [-0.25, -0.2) is 0 Å². The maximum atomic E-state index is 9.14. The van der Waals surface area contributed by atoms with E-state index in [9.17, 15) is 0 Å². The van der Waals surface area contributed by atoms with Crippen LogP contribution in [0.5, 0.6) is 17.2 Å². The number of nitriles is 1. The van der Waals surface area contributed by atoms with E-state index in [-0.39, 0.29) is 5.75 Å². The fourth-order valence-electron chi connectivity index (χ4n) is 1.30. The zero-order chi connectivity index (χ0) is 12.3. The molecule has 0 aliphatic carbocycles. The quantitative estimate of drug-likeness (QED) is 0.914. The predicted octanol–water partition coefficient (Wildman–Crippen LogP) is 3.82. The molecule has 0 radical (unpaired) electrons. The van der Waals surface area contributed by atoms with Gasteiger partial charge in [0, 0.05) is 4.47 Å². The fraction of sp³-hybridized carbons (Fsp3) is 0. The Morgan fingerprint density at radius 2 is 1.71 bits per heavy atom. The summed E-state index contributed by atoms with van der Waals surface area (Å²) < 4.78 is 6.25.